The molecule has 1 N–H and O–H groups in total. The molecule has 17 heavy (non-hydrogen) atoms. The minimum atomic E-state index is 0.732. The van der Waals surface area contributed by atoms with Gasteiger partial charge in [0.15, 0.2) is 0 Å². The molecular formula is C13H13BrClNS. The number of thiophene rings is 1. The number of nitrogens with one attached hydrogen (secondary N) is 1. The normalized spacial score (nSPS) is 10.5. The fourth-order valence-electron chi connectivity index (χ4n) is 1.50. The summed E-state index contributed by atoms with van der Waals surface area (Å²) in [7, 11) is 0. The molecule has 0 aliphatic carbocycles. The number of halogens is 2. The molecule has 1 aromatic heterocycles. The zero-order chi connectivity index (χ0) is 12.3. The largest absolute Gasteiger partial charge is 0.380 e. The highest BCUT2D eigenvalue weighted by Crippen LogP contribution is 2.26. The lowest BCUT2D eigenvalue weighted by Crippen LogP contribution is -1.96. The van der Waals surface area contributed by atoms with Gasteiger partial charge in [0.05, 0.1) is 5.02 Å². The topological polar surface area (TPSA) is 12.0 Å². The quantitative estimate of drug-likeness (QED) is 0.798. The van der Waals surface area contributed by atoms with Crippen molar-refractivity contribution in [2.75, 3.05) is 5.32 Å². The van der Waals surface area contributed by atoms with Crippen molar-refractivity contribution in [3.63, 3.8) is 0 Å². The number of hydrogen-bond acceptors (Lipinski definition) is 2. The third-order valence-electron chi connectivity index (χ3n) is 2.45. The Bertz CT molecular complexity index is 510. The average Bonchev–Trinajstić information content (AvgIpc) is 2.79. The van der Waals surface area contributed by atoms with Crippen molar-refractivity contribution >= 4 is 44.6 Å². The highest BCUT2D eigenvalue weighted by molar-refractivity contribution is 9.10. The molecule has 0 saturated carbocycles. The molecule has 1 heterocycles. The minimum absolute atomic E-state index is 0.732. The first-order valence-electron chi connectivity index (χ1n) is 5.45. The van der Waals surface area contributed by atoms with E-state index < -0.39 is 0 Å². The predicted molar refractivity (Wildman–Crippen MR) is 80.2 cm³/mol. The smallest absolute Gasteiger partial charge is 0.0568 e. The van der Waals surface area contributed by atoms with E-state index in [2.05, 4.69) is 40.3 Å². The van der Waals surface area contributed by atoms with Gasteiger partial charge in [0, 0.05) is 26.5 Å². The molecular weight excluding hydrogens is 318 g/mol. The van der Waals surface area contributed by atoms with Crippen LogP contribution < -0.4 is 5.32 Å². The number of hydrogen-bond donors (Lipinski definition) is 1. The van der Waals surface area contributed by atoms with Gasteiger partial charge < -0.3 is 5.32 Å². The van der Waals surface area contributed by atoms with E-state index in [1.807, 2.05) is 29.5 Å². The second kappa shape index (κ2) is 5.89. The Morgan fingerprint density at radius 1 is 1.24 bits per heavy atom. The molecule has 0 bridgehead atoms. The van der Waals surface area contributed by atoms with Gasteiger partial charge in [0.25, 0.3) is 0 Å². The van der Waals surface area contributed by atoms with Crippen LogP contribution in [-0.2, 0) is 13.0 Å². The van der Waals surface area contributed by atoms with Gasteiger partial charge in [-0.1, -0.05) is 18.5 Å². The van der Waals surface area contributed by atoms with Gasteiger partial charge in [-0.25, -0.2) is 0 Å². The molecule has 0 atom stereocenters. The van der Waals surface area contributed by atoms with Crippen molar-refractivity contribution in [1.82, 2.24) is 0 Å². The Kier molecular flexibility index (Phi) is 4.48. The number of anilines is 1. The van der Waals surface area contributed by atoms with Gasteiger partial charge in [-0.05, 0) is 52.7 Å². The van der Waals surface area contributed by atoms with Gasteiger partial charge in [0.1, 0.15) is 0 Å². The molecule has 1 aromatic carbocycles. The zero-order valence-corrected chi connectivity index (χ0v) is 12.6. The zero-order valence-electron chi connectivity index (χ0n) is 9.47. The van der Waals surface area contributed by atoms with Crippen LogP contribution >= 0.6 is 38.9 Å². The molecule has 0 spiro atoms. The van der Waals surface area contributed by atoms with Gasteiger partial charge in [-0.15, -0.1) is 11.3 Å². The highest BCUT2D eigenvalue weighted by atomic mass is 79.9. The van der Waals surface area contributed by atoms with E-state index in [0.717, 1.165) is 28.1 Å². The molecule has 0 radical (unpaired) electrons. The maximum atomic E-state index is 6.04. The van der Waals surface area contributed by atoms with Crippen LogP contribution in [-0.4, -0.2) is 0 Å². The first-order chi connectivity index (χ1) is 8.19. The molecule has 2 rings (SSSR count). The Hall–Kier alpha value is -0.510. The standard InChI is InChI=1S/C13H13BrClNS/c1-2-10-4-5-11(17-10)8-16-9-3-6-12(14)13(15)7-9/h3-7,16H,2,8H2,1H3. The monoisotopic (exact) mass is 329 g/mol. The molecule has 0 fully saturated rings. The van der Waals surface area contributed by atoms with E-state index in [1.54, 1.807) is 0 Å². The Morgan fingerprint density at radius 3 is 2.65 bits per heavy atom. The minimum Gasteiger partial charge on any atom is -0.380 e. The lowest BCUT2D eigenvalue weighted by atomic mass is 10.3. The average molecular weight is 331 g/mol. The van der Waals surface area contributed by atoms with Crippen LogP contribution in [0, 0.1) is 0 Å². The summed E-state index contributed by atoms with van der Waals surface area (Å²) in [5.74, 6) is 0. The van der Waals surface area contributed by atoms with E-state index in [-0.39, 0.29) is 0 Å². The molecule has 4 heteroatoms. The third-order valence-corrected chi connectivity index (χ3v) is 4.91. The summed E-state index contributed by atoms with van der Waals surface area (Å²) in [6.07, 6.45) is 1.11. The number of rotatable bonds is 4. The second-order valence-corrected chi connectivity index (χ2v) is 6.22. The van der Waals surface area contributed by atoms with Crippen molar-refractivity contribution in [1.29, 1.82) is 0 Å². The van der Waals surface area contributed by atoms with E-state index >= 15 is 0 Å². The molecule has 0 aliphatic heterocycles. The molecule has 90 valence electrons. The van der Waals surface area contributed by atoms with Crippen LogP contribution in [0.5, 0.6) is 0 Å². The fourth-order valence-corrected chi connectivity index (χ4v) is 2.83. The molecule has 0 saturated heterocycles. The van der Waals surface area contributed by atoms with Crippen LogP contribution in [0.25, 0.3) is 0 Å². The van der Waals surface area contributed by atoms with Crippen LogP contribution in [0.3, 0.4) is 0 Å². The van der Waals surface area contributed by atoms with Crippen LogP contribution in [0.15, 0.2) is 34.8 Å². The summed E-state index contributed by atoms with van der Waals surface area (Å²) in [6, 6.07) is 10.3. The Balaban J connectivity index is 1.99. The van der Waals surface area contributed by atoms with E-state index in [9.17, 15) is 0 Å². The van der Waals surface area contributed by atoms with E-state index in [0.29, 0.717) is 0 Å². The van der Waals surface area contributed by atoms with Crippen molar-refractivity contribution in [3.05, 3.63) is 49.6 Å². The summed E-state index contributed by atoms with van der Waals surface area (Å²) >= 11 is 11.3. The van der Waals surface area contributed by atoms with Crippen molar-refractivity contribution in [3.8, 4) is 0 Å². The predicted octanol–water partition coefficient (Wildman–Crippen LogP) is 5.34. The number of aryl methyl sites for hydroxylation is 1. The van der Waals surface area contributed by atoms with Crippen LogP contribution in [0.2, 0.25) is 5.02 Å². The van der Waals surface area contributed by atoms with Gasteiger partial charge in [-0.2, -0.15) is 0 Å². The van der Waals surface area contributed by atoms with E-state index in [1.165, 1.54) is 9.75 Å². The van der Waals surface area contributed by atoms with Crippen LogP contribution in [0.1, 0.15) is 16.7 Å². The van der Waals surface area contributed by atoms with Gasteiger partial charge in [-0.3, -0.25) is 0 Å². The molecule has 0 amide bonds. The highest BCUT2D eigenvalue weighted by Gasteiger charge is 2.01. The first-order valence-corrected chi connectivity index (χ1v) is 7.44. The van der Waals surface area contributed by atoms with Crippen LogP contribution in [0.4, 0.5) is 5.69 Å². The second-order valence-electron chi connectivity index (χ2n) is 3.70. The summed E-state index contributed by atoms with van der Waals surface area (Å²) in [6.45, 7) is 3.03. The maximum absolute atomic E-state index is 6.04. The summed E-state index contributed by atoms with van der Waals surface area (Å²) < 4.78 is 0.925. The lowest BCUT2D eigenvalue weighted by Gasteiger charge is -2.06. The summed E-state index contributed by atoms with van der Waals surface area (Å²) in [4.78, 5) is 2.77. The van der Waals surface area contributed by atoms with Crippen molar-refractivity contribution in [2.24, 2.45) is 0 Å². The van der Waals surface area contributed by atoms with Crippen molar-refractivity contribution in [2.45, 2.75) is 19.9 Å². The summed E-state index contributed by atoms with van der Waals surface area (Å²) in [5.41, 5.74) is 1.05. The Labute approximate surface area is 119 Å². The van der Waals surface area contributed by atoms with Gasteiger partial charge in [0.2, 0.25) is 0 Å². The molecule has 0 unspecified atom stereocenters. The Morgan fingerprint density at radius 2 is 2.00 bits per heavy atom. The van der Waals surface area contributed by atoms with E-state index in [4.69, 9.17) is 11.6 Å². The molecule has 1 nitrogen and oxygen atoms in total. The SMILES string of the molecule is CCc1ccc(CNc2ccc(Br)c(Cl)c2)s1. The molecule has 0 aliphatic rings. The van der Waals surface area contributed by atoms with Crippen molar-refractivity contribution < 1.29 is 0 Å². The first kappa shape index (κ1) is 12.9. The number of benzene rings is 1. The molecule has 2 aromatic rings. The maximum Gasteiger partial charge on any atom is 0.0568 e. The fraction of sp³-hybridized carbons (Fsp3) is 0.231. The van der Waals surface area contributed by atoms with Gasteiger partial charge >= 0.3 is 0 Å². The third kappa shape index (κ3) is 3.47. The summed E-state index contributed by atoms with van der Waals surface area (Å²) in [5, 5.41) is 4.10. The lowest BCUT2D eigenvalue weighted by molar-refractivity contribution is 1.19.